The molecule has 0 aliphatic carbocycles. The molecule has 0 radical (unpaired) electrons. The highest BCUT2D eigenvalue weighted by molar-refractivity contribution is 6.42. The van der Waals surface area contributed by atoms with Crippen molar-refractivity contribution in [2.45, 2.75) is 25.6 Å². The lowest BCUT2D eigenvalue weighted by atomic mass is 10.2. The van der Waals surface area contributed by atoms with Gasteiger partial charge in [-0.3, -0.25) is 4.79 Å². The summed E-state index contributed by atoms with van der Waals surface area (Å²) in [5, 5.41) is 4.31. The first-order chi connectivity index (χ1) is 13.0. The Morgan fingerprint density at radius 3 is 2.67 bits per heavy atom. The number of carbonyl (C=O) groups excluding carboxylic acids is 1. The molecule has 1 amide bonds. The summed E-state index contributed by atoms with van der Waals surface area (Å²) in [5.41, 5.74) is 2.43. The second-order valence-corrected chi connectivity index (χ2v) is 8.29. The Morgan fingerprint density at radius 1 is 1.15 bits per heavy atom. The van der Waals surface area contributed by atoms with Crippen LogP contribution >= 0.6 is 23.2 Å². The van der Waals surface area contributed by atoms with Crippen molar-refractivity contribution in [3.63, 3.8) is 0 Å². The lowest BCUT2D eigenvalue weighted by Gasteiger charge is -2.17. The molecule has 144 valence electrons. The maximum Gasteiger partial charge on any atom is 0.275 e. The predicted octanol–water partition coefficient (Wildman–Crippen LogP) is 0.982. The number of halogens is 2. The molecule has 4 nitrogen and oxygen atoms in total. The van der Waals surface area contributed by atoms with Gasteiger partial charge in [0, 0.05) is 17.5 Å². The third-order valence-corrected chi connectivity index (χ3v) is 5.73. The summed E-state index contributed by atoms with van der Waals surface area (Å²) in [4.78, 5) is 15.1. The minimum Gasteiger partial charge on any atom is -0.343 e. The second-order valence-electron chi connectivity index (χ2n) is 7.48. The van der Waals surface area contributed by atoms with Crippen molar-refractivity contribution in [3.8, 4) is 0 Å². The van der Waals surface area contributed by atoms with Crippen LogP contribution in [0.5, 0.6) is 0 Å². The number of carbonyl (C=O) groups is 1. The quantitative estimate of drug-likeness (QED) is 0.628. The van der Waals surface area contributed by atoms with Gasteiger partial charge in [-0.1, -0.05) is 59.6 Å². The van der Waals surface area contributed by atoms with E-state index in [1.165, 1.54) is 10.5 Å². The molecular weight excluding hydrogens is 381 g/mol. The fourth-order valence-corrected chi connectivity index (χ4v) is 4.03. The second kappa shape index (κ2) is 9.56. The Bertz CT molecular complexity index is 769. The average Bonchev–Trinajstić information content (AvgIpc) is 3.05. The smallest absolute Gasteiger partial charge is 0.275 e. The predicted molar refractivity (Wildman–Crippen MR) is 109 cm³/mol. The first-order valence-corrected chi connectivity index (χ1v) is 10.2. The van der Waals surface area contributed by atoms with Crippen molar-refractivity contribution in [3.05, 3.63) is 69.7 Å². The highest BCUT2D eigenvalue weighted by atomic mass is 35.5. The Hall–Kier alpha value is -1.59. The molecule has 3 atom stereocenters. The van der Waals surface area contributed by atoms with Crippen molar-refractivity contribution in [2.24, 2.45) is 0 Å². The molecule has 6 heteroatoms. The number of hydrogen-bond acceptors (Lipinski definition) is 1. The van der Waals surface area contributed by atoms with Gasteiger partial charge in [0.1, 0.15) is 13.1 Å². The van der Waals surface area contributed by atoms with Crippen LogP contribution in [0.1, 0.15) is 17.5 Å². The van der Waals surface area contributed by atoms with E-state index in [-0.39, 0.29) is 11.9 Å². The van der Waals surface area contributed by atoms with Gasteiger partial charge in [-0.2, -0.15) is 0 Å². The van der Waals surface area contributed by atoms with Crippen LogP contribution in [-0.2, 0) is 17.9 Å². The molecule has 3 N–H and O–H groups in total. The van der Waals surface area contributed by atoms with Gasteiger partial charge in [0.05, 0.1) is 36.2 Å². The zero-order valence-electron chi connectivity index (χ0n) is 15.6. The number of amides is 1. The van der Waals surface area contributed by atoms with E-state index in [1.807, 2.05) is 25.2 Å². The normalized spacial score (nSPS) is 20.4. The fourth-order valence-electron chi connectivity index (χ4n) is 3.71. The molecule has 3 rings (SSSR count). The maximum atomic E-state index is 12.4. The molecule has 1 aliphatic heterocycles. The molecular formula is C21H27Cl2N3O+2. The van der Waals surface area contributed by atoms with Gasteiger partial charge in [0.2, 0.25) is 0 Å². The topological polar surface area (TPSA) is 38.0 Å². The first kappa shape index (κ1) is 20.2. The molecule has 2 aromatic rings. The van der Waals surface area contributed by atoms with Crippen LogP contribution in [0.4, 0.5) is 0 Å². The Labute approximate surface area is 171 Å². The van der Waals surface area contributed by atoms with Gasteiger partial charge in [0.25, 0.3) is 5.91 Å². The molecule has 0 spiro atoms. The van der Waals surface area contributed by atoms with Gasteiger partial charge in [-0.15, -0.1) is 0 Å². The Kier molecular flexibility index (Phi) is 7.13. The van der Waals surface area contributed by atoms with Crippen molar-refractivity contribution in [2.75, 3.05) is 26.7 Å². The molecule has 27 heavy (non-hydrogen) atoms. The average molecular weight is 408 g/mol. The first-order valence-electron chi connectivity index (χ1n) is 9.41. The molecule has 2 aromatic carbocycles. The van der Waals surface area contributed by atoms with E-state index < -0.39 is 0 Å². The van der Waals surface area contributed by atoms with Gasteiger partial charge in [-0.25, -0.2) is 0 Å². The van der Waals surface area contributed by atoms with Crippen molar-refractivity contribution in [1.29, 1.82) is 0 Å². The van der Waals surface area contributed by atoms with Crippen LogP contribution in [0.25, 0.3) is 0 Å². The SMILES string of the molecule is C[NH+](CC(=O)N[C@H]1CC[NH+](Cc2ccccc2)C1)Cc1ccc(Cl)c(Cl)c1. The third kappa shape index (κ3) is 6.22. The monoisotopic (exact) mass is 407 g/mol. The van der Waals surface area contributed by atoms with E-state index in [0.717, 1.165) is 43.1 Å². The minimum atomic E-state index is 0.110. The number of benzene rings is 2. The lowest BCUT2D eigenvalue weighted by Crippen LogP contribution is -3.09. The summed E-state index contributed by atoms with van der Waals surface area (Å²) < 4.78 is 0. The molecule has 1 aliphatic rings. The number of likely N-dealkylation sites (N-methyl/N-ethyl adjacent to an activating group) is 1. The van der Waals surface area contributed by atoms with Crippen LogP contribution in [0.2, 0.25) is 10.0 Å². The summed E-state index contributed by atoms with van der Waals surface area (Å²) in [6.45, 7) is 4.30. The van der Waals surface area contributed by atoms with E-state index in [0.29, 0.717) is 16.6 Å². The van der Waals surface area contributed by atoms with E-state index in [9.17, 15) is 4.79 Å². The zero-order valence-corrected chi connectivity index (χ0v) is 17.1. The van der Waals surface area contributed by atoms with Crippen molar-refractivity contribution >= 4 is 29.1 Å². The van der Waals surface area contributed by atoms with Gasteiger partial charge < -0.3 is 15.1 Å². The fraction of sp³-hybridized carbons (Fsp3) is 0.381. The van der Waals surface area contributed by atoms with Gasteiger partial charge in [0.15, 0.2) is 6.54 Å². The minimum absolute atomic E-state index is 0.110. The Morgan fingerprint density at radius 2 is 1.93 bits per heavy atom. The van der Waals surface area contributed by atoms with E-state index in [4.69, 9.17) is 23.2 Å². The van der Waals surface area contributed by atoms with Crippen LogP contribution in [0, 0.1) is 0 Å². The summed E-state index contributed by atoms with van der Waals surface area (Å²) in [7, 11) is 2.02. The molecule has 1 heterocycles. The number of hydrogen-bond donors (Lipinski definition) is 3. The Balaban J connectivity index is 1.41. The number of nitrogens with one attached hydrogen (secondary N) is 3. The van der Waals surface area contributed by atoms with E-state index in [2.05, 4.69) is 29.6 Å². The number of quaternary nitrogens is 2. The van der Waals surface area contributed by atoms with Crippen molar-refractivity contribution < 1.29 is 14.6 Å². The largest absolute Gasteiger partial charge is 0.343 e. The molecule has 0 bridgehead atoms. The van der Waals surface area contributed by atoms with Crippen molar-refractivity contribution in [1.82, 2.24) is 5.32 Å². The van der Waals surface area contributed by atoms with E-state index >= 15 is 0 Å². The molecule has 2 unspecified atom stereocenters. The number of likely N-dealkylation sites (tertiary alicyclic amines) is 1. The molecule has 0 saturated carbocycles. The van der Waals surface area contributed by atoms with Gasteiger partial charge in [-0.05, 0) is 12.1 Å². The summed E-state index contributed by atoms with van der Waals surface area (Å²) >= 11 is 12.0. The summed E-state index contributed by atoms with van der Waals surface area (Å²) in [6, 6.07) is 16.4. The molecule has 1 saturated heterocycles. The molecule has 1 fully saturated rings. The third-order valence-electron chi connectivity index (χ3n) is 5.00. The summed E-state index contributed by atoms with van der Waals surface area (Å²) in [6.07, 6.45) is 1.04. The zero-order chi connectivity index (χ0) is 19.2. The summed E-state index contributed by atoms with van der Waals surface area (Å²) in [5.74, 6) is 0.110. The lowest BCUT2D eigenvalue weighted by molar-refractivity contribution is -0.901. The van der Waals surface area contributed by atoms with E-state index in [1.54, 1.807) is 6.07 Å². The van der Waals surface area contributed by atoms with Gasteiger partial charge >= 0.3 is 0 Å². The van der Waals surface area contributed by atoms with Crippen LogP contribution in [-0.4, -0.2) is 38.6 Å². The van der Waals surface area contributed by atoms with Crippen LogP contribution in [0.15, 0.2) is 48.5 Å². The van der Waals surface area contributed by atoms with Crippen LogP contribution < -0.4 is 15.1 Å². The molecule has 0 aromatic heterocycles. The maximum absolute atomic E-state index is 12.4. The van der Waals surface area contributed by atoms with Crippen LogP contribution in [0.3, 0.4) is 0 Å². The standard InChI is InChI=1S/C21H25Cl2N3O/c1-25(12-17-7-8-19(22)20(23)11-17)15-21(27)24-18-9-10-26(14-18)13-16-5-3-2-4-6-16/h2-8,11,18H,9-10,12-15H2,1H3,(H,24,27)/p+2/t18-/m0/s1. The number of rotatable bonds is 7. The highest BCUT2D eigenvalue weighted by Gasteiger charge is 2.28. The highest BCUT2D eigenvalue weighted by Crippen LogP contribution is 2.22.